The summed E-state index contributed by atoms with van der Waals surface area (Å²) in [6.45, 7) is 2.03. The second-order valence-corrected chi connectivity index (χ2v) is 6.99. The van der Waals surface area contributed by atoms with E-state index in [4.69, 9.17) is 5.73 Å². The van der Waals surface area contributed by atoms with Gasteiger partial charge in [-0.15, -0.1) is 22.7 Å². The van der Waals surface area contributed by atoms with Gasteiger partial charge in [0.05, 0.1) is 21.4 Å². The number of thiazole rings is 2. The first-order valence-electron chi connectivity index (χ1n) is 6.85. The van der Waals surface area contributed by atoms with Gasteiger partial charge in [-0.25, -0.2) is 9.97 Å². The van der Waals surface area contributed by atoms with Crippen LogP contribution in [0.15, 0.2) is 41.1 Å². The van der Waals surface area contributed by atoms with E-state index in [1.807, 2.05) is 25.1 Å². The zero-order valence-corrected chi connectivity index (χ0v) is 13.5. The molecule has 0 spiro atoms. The monoisotopic (exact) mass is 315 g/mol. The minimum atomic E-state index is 0.00247. The minimum absolute atomic E-state index is 0.00247. The minimum Gasteiger partial charge on any atom is -0.324 e. The van der Waals surface area contributed by atoms with E-state index in [-0.39, 0.29) is 6.04 Å². The molecule has 0 aliphatic rings. The van der Waals surface area contributed by atoms with E-state index in [1.165, 1.54) is 0 Å². The SMILES string of the molecule is Cc1nc(Cc2nc(CC(N)c3ccccc3)cs2)cs1. The van der Waals surface area contributed by atoms with Crippen LogP contribution in [0.5, 0.6) is 0 Å². The molecule has 5 heteroatoms. The van der Waals surface area contributed by atoms with Gasteiger partial charge in [-0.3, -0.25) is 0 Å². The average molecular weight is 315 g/mol. The Kier molecular flexibility index (Phi) is 4.43. The Morgan fingerprint density at radius 3 is 2.52 bits per heavy atom. The van der Waals surface area contributed by atoms with Crippen LogP contribution >= 0.6 is 22.7 Å². The van der Waals surface area contributed by atoms with Crippen LogP contribution < -0.4 is 5.73 Å². The molecular formula is C16H17N3S2. The first-order chi connectivity index (χ1) is 10.2. The highest BCUT2D eigenvalue weighted by molar-refractivity contribution is 7.10. The summed E-state index contributed by atoms with van der Waals surface area (Å²) >= 11 is 3.37. The molecule has 3 rings (SSSR count). The van der Waals surface area contributed by atoms with E-state index in [1.54, 1.807) is 22.7 Å². The van der Waals surface area contributed by atoms with Crippen molar-refractivity contribution in [3.05, 3.63) is 68.1 Å². The maximum absolute atomic E-state index is 6.25. The fourth-order valence-electron chi connectivity index (χ4n) is 2.21. The smallest absolute Gasteiger partial charge is 0.0988 e. The second-order valence-electron chi connectivity index (χ2n) is 4.99. The lowest BCUT2D eigenvalue weighted by Crippen LogP contribution is -2.13. The molecule has 0 bridgehead atoms. The molecule has 0 fully saturated rings. The lowest BCUT2D eigenvalue weighted by atomic mass is 10.0. The Morgan fingerprint density at radius 1 is 1.05 bits per heavy atom. The van der Waals surface area contributed by atoms with Gasteiger partial charge in [0.25, 0.3) is 0 Å². The van der Waals surface area contributed by atoms with Crippen molar-refractivity contribution in [3.63, 3.8) is 0 Å². The molecule has 0 aliphatic carbocycles. The molecule has 3 aromatic rings. The topological polar surface area (TPSA) is 51.8 Å². The van der Waals surface area contributed by atoms with Gasteiger partial charge in [0.15, 0.2) is 0 Å². The number of nitrogens with zero attached hydrogens (tertiary/aromatic N) is 2. The number of aromatic nitrogens is 2. The standard InChI is InChI=1S/C16H17N3S2/c1-11-18-14(9-20-11)8-16-19-13(10-21-16)7-15(17)12-5-3-2-4-6-12/h2-6,9-10,15H,7-8,17H2,1H3. The van der Waals surface area contributed by atoms with Gasteiger partial charge < -0.3 is 5.73 Å². The molecule has 2 aromatic heterocycles. The van der Waals surface area contributed by atoms with Crippen molar-refractivity contribution in [2.75, 3.05) is 0 Å². The molecule has 0 aliphatic heterocycles. The third-order valence-corrected chi connectivity index (χ3v) is 4.97. The van der Waals surface area contributed by atoms with Gasteiger partial charge >= 0.3 is 0 Å². The van der Waals surface area contributed by atoms with Gasteiger partial charge in [0.2, 0.25) is 0 Å². The number of benzene rings is 1. The fourth-order valence-corrected chi connectivity index (χ4v) is 3.65. The van der Waals surface area contributed by atoms with Crippen LogP contribution in [-0.2, 0) is 12.8 Å². The van der Waals surface area contributed by atoms with Crippen LogP contribution in [0.3, 0.4) is 0 Å². The normalized spacial score (nSPS) is 12.5. The van der Waals surface area contributed by atoms with Crippen molar-refractivity contribution in [3.8, 4) is 0 Å². The number of nitrogens with two attached hydrogens (primary N) is 1. The van der Waals surface area contributed by atoms with Crippen LogP contribution in [0.4, 0.5) is 0 Å². The summed E-state index contributed by atoms with van der Waals surface area (Å²) in [6, 6.07) is 10.2. The van der Waals surface area contributed by atoms with Gasteiger partial charge in [-0.1, -0.05) is 30.3 Å². The van der Waals surface area contributed by atoms with Crippen molar-refractivity contribution < 1.29 is 0 Å². The molecular weight excluding hydrogens is 298 g/mol. The first kappa shape index (κ1) is 14.4. The summed E-state index contributed by atoms with van der Waals surface area (Å²) in [4.78, 5) is 9.17. The summed E-state index contributed by atoms with van der Waals surface area (Å²) in [6.07, 6.45) is 1.59. The Morgan fingerprint density at radius 2 is 1.81 bits per heavy atom. The number of hydrogen-bond acceptors (Lipinski definition) is 5. The van der Waals surface area contributed by atoms with Crippen molar-refractivity contribution in [2.24, 2.45) is 5.73 Å². The van der Waals surface area contributed by atoms with E-state index in [9.17, 15) is 0 Å². The van der Waals surface area contributed by atoms with E-state index >= 15 is 0 Å². The Labute approximate surface area is 132 Å². The molecule has 108 valence electrons. The van der Waals surface area contributed by atoms with Crippen molar-refractivity contribution in [1.82, 2.24) is 9.97 Å². The maximum atomic E-state index is 6.25. The predicted molar refractivity (Wildman–Crippen MR) is 88.8 cm³/mol. The molecule has 2 heterocycles. The zero-order valence-electron chi connectivity index (χ0n) is 11.8. The highest BCUT2D eigenvalue weighted by atomic mass is 32.1. The lowest BCUT2D eigenvalue weighted by molar-refractivity contribution is 0.708. The Bertz CT molecular complexity index is 703. The van der Waals surface area contributed by atoms with Crippen molar-refractivity contribution >= 4 is 22.7 Å². The van der Waals surface area contributed by atoms with Gasteiger partial charge in [-0.05, 0) is 12.5 Å². The van der Waals surface area contributed by atoms with Crippen LogP contribution in [-0.4, -0.2) is 9.97 Å². The van der Waals surface area contributed by atoms with Crippen LogP contribution in [0.1, 0.15) is 33.0 Å². The maximum Gasteiger partial charge on any atom is 0.0988 e. The first-order valence-corrected chi connectivity index (χ1v) is 8.61. The van der Waals surface area contributed by atoms with Crippen LogP contribution in [0.25, 0.3) is 0 Å². The molecule has 2 N–H and O–H groups in total. The number of hydrogen-bond donors (Lipinski definition) is 1. The zero-order chi connectivity index (χ0) is 14.7. The van der Waals surface area contributed by atoms with Crippen LogP contribution in [0, 0.1) is 6.92 Å². The summed E-state index contributed by atoms with van der Waals surface area (Å²) < 4.78 is 0. The third-order valence-electron chi connectivity index (χ3n) is 3.26. The van der Waals surface area contributed by atoms with E-state index in [0.717, 1.165) is 39.8 Å². The molecule has 21 heavy (non-hydrogen) atoms. The molecule has 1 unspecified atom stereocenters. The molecule has 0 saturated carbocycles. The largest absolute Gasteiger partial charge is 0.324 e. The lowest BCUT2D eigenvalue weighted by Gasteiger charge is -2.09. The summed E-state index contributed by atoms with van der Waals surface area (Å²) in [7, 11) is 0. The molecule has 0 amide bonds. The van der Waals surface area contributed by atoms with E-state index in [2.05, 4.69) is 32.9 Å². The van der Waals surface area contributed by atoms with Crippen molar-refractivity contribution in [2.45, 2.75) is 25.8 Å². The van der Waals surface area contributed by atoms with Gasteiger partial charge in [-0.2, -0.15) is 0 Å². The number of aryl methyl sites for hydroxylation is 1. The third kappa shape index (κ3) is 3.75. The fraction of sp³-hybridized carbons (Fsp3) is 0.250. The summed E-state index contributed by atoms with van der Waals surface area (Å²) in [5.41, 5.74) is 9.57. The number of rotatable bonds is 5. The molecule has 3 nitrogen and oxygen atoms in total. The van der Waals surface area contributed by atoms with Crippen molar-refractivity contribution in [1.29, 1.82) is 0 Å². The van der Waals surface area contributed by atoms with Gasteiger partial charge in [0.1, 0.15) is 0 Å². The van der Waals surface area contributed by atoms with Crippen LogP contribution in [0.2, 0.25) is 0 Å². The highest BCUT2D eigenvalue weighted by Gasteiger charge is 2.10. The average Bonchev–Trinajstić information content (AvgIpc) is 3.09. The molecule has 1 aromatic carbocycles. The molecule has 0 saturated heterocycles. The van der Waals surface area contributed by atoms with E-state index in [0.29, 0.717) is 0 Å². The quantitative estimate of drug-likeness (QED) is 0.780. The summed E-state index contributed by atoms with van der Waals surface area (Å²) in [5, 5.41) is 6.42. The second kappa shape index (κ2) is 6.47. The Hall–Kier alpha value is -1.56. The van der Waals surface area contributed by atoms with E-state index < -0.39 is 0 Å². The summed E-state index contributed by atoms with van der Waals surface area (Å²) in [5.74, 6) is 0. The molecule has 0 radical (unpaired) electrons. The Balaban J connectivity index is 1.65. The molecule has 1 atom stereocenters. The predicted octanol–water partition coefficient (Wildman–Crippen LogP) is 3.74. The highest BCUT2D eigenvalue weighted by Crippen LogP contribution is 2.20. The van der Waals surface area contributed by atoms with Gasteiger partial charge in [0, 0.05) is 29.6 Å².